The number of hydrogen-bond donors (Lipinski definition) is 3. The van der Waals surface area contributed by atoms with Gasteiger partial charge in [-0.3, -0.25) is 14.7 Å². The van der Waals surface area contributed by atoms with E-state index in [2.05, 4.69) is 25.8 Å². The lowest BCUT2D eigenvalue weighted by Gasteiger charge is -2.07. The zero-order valence-corrected chi connectivity index (χ0v) is 14.1. The van der Waals surface area contributed by atoms with Crippen LogP contribution in [-0.4, -0.2) is 33.5 Å². The van der Waals surface area contributed by atoms with Crippen LogP contribution in [0.2, 0.25) is 0 Å². The van der Waals surface area contributed by atoms with E-state index in [9.17, 15) is 9.59 Å². The molecule has 132 valence electrons. The summed E-state index contributed by atoms with van der Waals surface area (Å²) in [5.41, 5.74) is 2.15. The van der Waals surface area contributed by atoms with Crippen LogP contribution in [0.3, 0.4) is 0 Å². The molecule has 0 saturated carbocycles. The summed E-state index contributed by atoms with van der Waals surface area (Å²) in [5.74, 6) is 0.407. The molecule has 0 spiro atoms. The molecule has 0 radical (unpaired) electrons. The number of carbonyl (C=O) groups excluding carboxylic acids is 2. The van der Waals surface area contributed by atoms with Crippen LogP contribution in [0.4, 0.5) is 5.69 Å². The molecule has 2 aromatic carbocycles. The Bertz CT molecular complexity index is 863. The van der Waals surface area contributed by atoms with Gasteiger partial charge in [0.1, 0.15) is 6.33 Å². The number of hydrogen-bond acceptors (Lipinski definition) is 4. The van der Waals surface area contributed by atoms with E-state index in [0.717, 1.165) is 5.56 Å². The van der Waals surface area contributed by atoms with Crippen LogP contribution in [0.25, 0.3) is 11.4 Å². The molecule has 7 heteroatoms. The third-order valence-corrected chi connectivity index (χ3v) is 3.74. The molecule has 1 aromatic heterocycles. The van der Waals surface area contributed by atoms with Crippen molar-refractivity contribution in [2.75, 3.05) is 11.9 Å². The van der Waals surface area contributed by atoms with Gasteiger partial charge in [-0.1, -0.05) is 30.3 Å². The quantitative estimate of drug-likeness (QED) is 0.571. The monoisotopic (exact) mass is 349 g/mol. The van der Waals surface area contributed by atoms with E-state index in [1.165, 1.54) is 6.33 Å². The summed E-state index contributed by atoms with van der Waals surface area (Å²) in [6, 6.07) is 16.4. The summed E-state index contributed by atoms with van der Waals surface area (Å²) in [4.78, 5) is 28.1. The summed E-state index contributed by atoms with van der Waals surface area (Å²) in [6.07, 6.45) is 2.32. The van der Waals surface area contributed by atoms with Crippen molar-refractivity contribution in [3.63, 3.8) is 0 Å². The number of nitrogens with one attached hydrogen (secondary N) is 3. The Labute approximate surface area is 150 Å². The molecule has 7 nitrogen and oxygen atoms in total. The van der Waals surface area contributed by atoms with E-state index >= 15 is 0 Å². The highest BCUT2D eigenvalue weighted by molar-refractivity contribution is 5.94. The molecular weight excluding hydrogens is 330 g/mol. The van der Waals surface area contributed by atoms with Gasteiger partial charge in [-0.25, -0.2) is 4.98 Å². The summed E-state index contributed by atoms with van der Waals surface area (Å²) in [5, 5.41) is 12.3. The average molecular weight is 349 g/mol. The third kappa shape index (κ3) is 4.76. The van der Waals surface area contributed by atoms with Crippen molar-refractivity contribution in [3.8, 4) is 11.4 Å². The van der Waals surface area contributed by atoms with Crippen LogP contribution in [0, 0.1) is 0 Å². The molecule has 0 aliphatic heterocycles. The average Bonchev–Trinajstić information content (AvgIpc) is 3.21. The van der Waals surface area contributed by atoms with Crippen molar-refractivity contribution in [2.24, 2.45) is 0 Å². The Kier molecular flexibility index (Phi) is 5.72. The van der Waals surface area contributed by atoms with Gasteiger partial charge in [-0.15, -0.1) is 0 Å². The predicted molar refractivity (Wildman–Crippen MR) is 98.5 cm³/mol. The van der Waals surface area contributed by atoms with Crippen LogP contribution in [-0.2, 0) is 4.79 Å². The molecule has 3 N–H and O–H groups in total. The van der Waals surface area contributed by atoms with Crippen molar-refractivity contribution >= 4 is 17.5 Å². The van der Waals surface area contributed by atoms with Crippen molar-refractivity contribution in [1.29, 1.82) is 0 Å². The Morgan fingerprint density at radius 1 is 1.04 bits per heavy atom. The Morgan fingerprint density at radius 2 is 1.88 bits per heavy atom. The molecule has 3 aromatic rings. The van der Waals surface area contributed by atoms with Crippen LogP contribution < -0.4 is 10.6 Å². The fraction of sp³-hybridized carbons (Fsp3) is 0.158. The molecule has 1 heterocycles. The number of nitrogens with zero attached hydrogens (tertiary/aromatic N) is 2. The molecule has 0 unspecified atom stereocenters. The molecule has 0 saturated heterocycles. The lowest BCUT2D eigenvalue weighted by atomic mass is 10.2. The maximum atomic E-state index is 12.1. The Hall–Kier alpha value is -3.48. The van der Waals surface area contributed by atoms with Crippen LogP contribution >= 0.6 is 0 Å². The second-order valence-electron chi connectivity index (χ2n) is 5.69. The molecule has 0 fully saturated rings. The van der Waals surface area contributed by atoms with E-state index in [4.69, 9.17) is 0 Å². The first-order chi connectivity index (χ1) is 12.7. The van der Waals surface area contributed by atoms with E-state index in [1.807, 2.05) is 42.5 Å². The topological polar surface area (TPSA) is 99.8 Å². The van der Waals surface area contributed by atoms with Crippen molar-refractivity contribution < 1.29 is 9.59 Å². The Morgan fingerprint density at radius 3 is 2.65 bits per heavy atom. The van der Waals surface area contributed by atoms with E-state index in [1.54, 1.807) is 12.1 Å². The van der Waals surface area contributed by atoms with Gasteiger partial charge in [0.15, 0.2) is 5.82 Å². The number of aromatic amines is 1. The maximum absolute atomic E-state index is 12.1. The molecule has 3 rings (SSSR count). The molecule has 0 aliphatic carbocycles. The second-order valence-corrected chi connectivity index (χ2v) is 5.69. The van der Waals surface area contributed by atoms with Crippen molar-refractivity contribution in [2.45, 2.75) is 12.8 Å². The highest BCUT2D eigenvalue weighted by atomic mass is 16.2. The zero-order valence-electron chi connectivity index (χ0n) is 14.1. The smallest absolute Gasteiger partial charge is 0.251 e. The summed E-state index contributed by atoms with van der Waals surface area (Å²) in [7, 11) is 0. The minimum Gasteiger partial charge on any atom is -0.352 e. The highest BCUT2D eigenvalue weighted by Gasteiger charge is 2.07. The first-order valence-corrected chi connectivity index (χ1v) is 8.31. The molecule has 0 aliphatic rings. The van der Waals surface area contributed by atoms with Crippen LogP contribution in [0.5, 0.6) is 0 Å². The van der Waals surface area contributed by atoms with Crippen molar-refractivity contribution in [1.82, 2.24) is 20.5 Å². The van der Waals surface area contributed by atoms with Gasteiger partial charge in [0, 0.05) is 29.8 Å². The van der Waals surface area contributed by atoms with E-state index < -0.39 is 0 Å². The van der Waals surface area contributed by atoms with Gasteiger partial charge >= 0.3 is 0 Å². The minimum atomic E-state index is -0.134. The van der Waals surface area contributed by atoms with Gasteiger partial charge in [-0.2, -0.15) is 5.10 Å². The van der Waals surface area contributed by atoms with Gasteiger partial charge < -0.3 is 10.6 Å². The number of H-pyrrole nitrogens is 1. The summed E-state index contributed by atoms with van der Waals surface area (Å²) < 4.78 is 0. The maximum Gasteiger partial charge on any atom is 0.251 e. The van der Waals surface area contributed by atoms with Gasteiger partial charge in [0.25, 0.3) is 5.91 Å². The van der Waals surface area contributed by atoms with E-state index in [-0.39, 0.29) is 11.8 Å². The lowest BCUT2D eigenvalue weighted by molar-refractivity contribution is -0.116. The highest BCUT2D eigenvalue weighted by Crippen LogP contribution is 2.18. The van der Waals surface area contributed by atoms with Crippen LogP contribution in [0.1, 0.15) is 23.2 Å². The lowest BCUT2D eigenvalue weighted by Crippen LogP contribution is -2.25. The number of anilines is 1. The first-order valence-electron chi connectivity index (χ1n) is 8.31. The predicted octanol–water partition coefficient (Wildman–Crippen LogP) is 2.62. The number of amides is 2. The standard InChI is InChI=1S/C19H19N5O2/c25-17(10-5-11-20-19(26)14-6-2-1-3-7-14)23-16-9-4-8-15(12-16)18-21-13-22-24-18/h1-4,6-9,12-13H,5,10-11H2,(H,20,26)(H,23,25)(H,21,22,24). The van der Waals surface area contributed by atoms with Gasteiger partial charge in [0.2, 0.25) is 5.91 Å². The molecule has 0 atom stereocenters. The number of benzene rings is 2. The number of rotatable bonds is 7. The Balaban J connectivity index is 1.43. The third-order valence-electron chi connectivity index (χ3n) is 3.74. The summed E-state index contributed by atoms with van der Waals surface area (Å²) >= 11 is 0. The minimum absolute atomic E-state index is 0.103. The summed E-state index contributed by atoms with van der Waals surface area (Å²) in [6.45, 7) is 0.444. The largest absolute Gasteiger partial charge is 0.352 e. The fourth-order valence-corrected chi connectivity index (χ4v) is 2.45. The van der Waals surface area contributed by atoms with E-state index in [0.29, 0.717) is 36.5 Å². The van der Waals surface area contributed by atoms with Crippen LogP contribution in [0.15, 0.2) is 60.9 Å². The second kappa shape index (κ2) is 8.57. The number of aromatic nitrogens is 3. The number of carbonyl (C=O) groups is 2. The molecule has 2 amide bonds. The fourth-order valence-electron chi connectivity index (χ4n) is 2.45. The molecule has 26 heavy (non-hydrogen) atoms. The molecule has 0 bridgehead atoms. The SMILES string of the molecule is O=C(CCCNC(=O)c1ccccc1)Nc1cccc(-c2ncn[nH]2)c1. The van der Waals surface area contributed by atoms with Gasteiger partial charge in [0.05, 0.1) is 0 Å². The first kappa shape index (κ1) is 17.3. The van der Waals surface area contributed by atoms with Crippen molar-refractivity contribution in [3.05, 3.63) is 66.5 Å². The molecular formula is C19H19N5O2. The zero-order chi connectivity index (χ0) is 18.2. The normalized spacial score (nSPS) is 10.3. The van der Waals surface area contributed by atoms with Gasteiger partial charge in [-0.05, 0) is 30.7 Å².